The largest absolute Gasteiger partial charge is 0.382 e. The van der Waals surface area contributed by atoms with E-state index >= 15 is 0 Å². The lowest BCUT2D eigenvalue weighted by Crippen LogP contribution is -1.98. The van der Waals surface area contributed by atoms with Crippen LogP contribution in [0.4, 0.5) is 5.82 Å². The molecule has 0 saturated heterocycles. The van der Waals surface area contributed by atoms with E-state index in [2.05, 4.69) is 32.1 Å². The van der Waals surface area contributed by atoms with Crippen LogP contribution in [0, 0.1) is 6.92 Å². The zero-order valence-electron chi connectivity index (χ0n) is 9.76. The summed E-state index contributed by atoms with van der Waals surface area (Å²) in [5.41, 5.74) is 8.83. The van der Waals surface area contributed by atoms with Crippen LogP contribution in [-0.2, 0) is 0 Å². The molecule has 18 heavy (non-hydrogen) atoms. The van der Waals surface area contributed by atoms with Crippen molar-refractivity contribution in [2.45, 2.75) is 6.92 Å². The van der Waals surface area contributed by atoms with E-state index in [1.807, 2.05) is 31.2 Å². The summed E-state index contributed by atoms with van der Waals surface area (Å²) in [6.45, 7) is 2.04. The molecule has 2 aromatic heterocycles. The average molecular weight is 303 g/mol. The Labute approximate surface area is 113 Å². The van der Waals surface area contributed by atoms with Crippen LogP contribution < -0.4 is 5.73 Å². The number of rotatable bonds is 1. The van der Waals surface area contributed by atoms with Crippen LogP contribution in [0.1, 0.15) is 5.56 Å². The van der Waals surface area contributed by atoms with Gasteiger partial charge in [0.15, 0.2) is 11.5 Å². The highest BCUT2D eigenvalue weighted by Gasteiger charge is 2.11. The second-order valence-electron chi connectivity index (χ2n) is 4.16. The van der Waals surface area contributed by atoms with Gasteiger partial charge in [-0.2, -0.15) is 0 Å². The van der Waals surface area contributed by atoms with Crippen LogP contribution >= 0.6 is 15.9 Å². The summed E-state index contributed by atoms with van der Waals surface area (Å²) >= 11 is 3.39. The third-order valence-electron chi connectivity index (χ3n) is 2.76. The molecule has 0 bridgehead atoms. The smallest absolute Gasteiger partial charge is 0.165 e. The molecule has 5 heteroatoms. The Morgan fingerprint density at radius 2 is 2.11 bits per heavy atom. The first-order chi connectivity index (χ1) is 8.65. The molecule has 2 N–H and O–H groups in total. The first-order valence-electron chi connectivity index (χ1n) is 5.52. The molecule has 2 heterocycles. The van der Waals surface area contributed by atoms with Crippen LogP contribution in [0.15, 0.2) is 41.0 Å². The van der Waals surface area contributed by atoms with Gasteiger partial charge in [0, 0.05) is 10.7 Å². The van der Waals surface area contributed by atoms with Crippen molar-refractivity contribution in [1.82, 2.24) is 14.8 Å². The van der Waals surface area contributed by atoms with E-state index in [4.69, 9.17) is 5.73 Å². The van der Waals surface area contributed by atoms with Gasteiger partial charge >= 0.3 is 0 Å². The number of aryl methyl sites for hydroxylation is 1. The fourth-order valence-corrected chi connectivity index (χ4v) is 2.27. The monoisotopic (exact) mass is 302 g/mol. The highest BCUT2D eigenvalue weighted by atomic mass is 79.9. The topological polar surface area (TPSA) is 56.7 Å². The lowest BCUT2D eigenvalue weighted by Gasteiger charge is -2.03. The number of fused-ring (bicyclic) bond motifs is 1. The zero-order valence-corrected chi connectivity index (χ0v) is 11.3. The zero-order chi connectivity index (χ0) is 12.7. The molecular weight excluding hydrogens is 292 g/mol. The third kappa shape index (κ3) is 1.76. The Hall–Kier alpha value is -1.88. The van der Waals surface area contributed by atoms with Gasteiger partial charge in [-0.15, -0.1) is 5.10 Å². The molecule has 0 amide bonds. The molecule has 0 aliphatic carbocycles. The Bertz CT molecular complexity index is 733. The molecular formula is C13H11BrN4. The number of benzene rings is 1. The average Bonchev–Trinajstić information content (AvgIpc) is 2.67. The van der Waals surface area contributed by atoms with E-state index in [-0.39, 0.29) is 0 Å². The maximum Gasteiger partial charge on any atom is 0.165 e. The second-order valence-corrected chi connectivity index (χ2v) is 5.08. The van der Waals surface area contributed by atoms with Gasteiger partial charge in [-0.25, -0.2) is 9.67 Å². The first kappa shape index (κ1) is 11.2. The van der Waals surface area contributed by atoms with E-state index in [0.717, 1.165) is 21.2 Å². The van der Waals surface area contributed by atoms with Gasteiger partial charge < -0.3 is 5.73 Å². The van der Waals surface area contributed by atoms with E-state index in [1.54, 1.807) is 10.9 Å². The summed E-state index contributed by atoms with van der Waals surface area (Å²) in [5, 5.41) is 5.21. The van der Waals surface area contributed by atoms with Crippen LogP contribution in [-0.4, -0.2) is 14.8 Å². The maximum absolute atomic E-state index is 5.93. The summed E-state index contributed by atoms with van der Waals surface area (Å²) in [5.74, 6) is 0.486. The summed E-state index contributed by atoms with van der Waals surface area (Å²) < 4.78 is 2.66. The first-order valence-corrected chi connectivity index (χ1v) is 6.31. The predicted octanol–water partition coefficient (Wildman–Crippen LogP) is 3.07. The maximum atomic E-state index is 5.93. The van der Waals surface area contributed by atoms with Crippen LogP contribution in [0.3, 0.4) is 0 Å². The molecule has 0 aliphatic heterocycles. The fourth-order valence-electron chi connectivity index (χ4n) is 1.94. The van der Waals surface area contributed by atoms with E-state index < -0.39 is 0 Å². The molecule has 3 rings (SSSR count). The summed E-state index contributed by atoms with van der Waals surface area (Å²) in [6, 6.07) is 10.0. The Morgan fingerprint density at radius 1 is 1.28 bits per heavy atom. The molecule has 0 aliphatic rings. The molecule has 3 aromatic rings. The minimum atomic E-state index is 0.486. The Balaban J connectivity index is 2.30. The van der Waals surface area contributed by atoms with Crippen LogP contribution in [0.2, 0.25) is 0 Å². The summed E-state index contributed by atoms with van der Waals surface area (Å²) in [7, 11) is 0. The standard InChI is InChI=1S/C13H11BrN4/c1-8-3-2-4-10(5-8)18-13-11(12(15)17-18)6-9(14)7-16-13/h2-7H,1H3,(H2,15,17). The van der Waals surface area contributed by atoms with Gasteiger partial charge in [0.25, 0.3) is 0 Å². The molecule has 0 radical (unpaired) electrons. The van der Waals surface area contributed by atoms with Crippen molar-refractivity contribution in [2.75, 3.05) is 5.73 Å². The normalized spacial score (nSPS) is 11.0. The number of hydrogen-bond donors (Lipinski definition) is 1. The molecule has 0 saturated carbocycles. The van der Waals surface area contributed by atoms with Crippen LogP contribution in [0.25, 0.3) is 16.7 Å². The van der Waals surface area contributed by atoms with Crippen molar-refractivity contribution in [3.63, 3.8) is 0 Å². The van der Waals surface area contributed by atoms with Gasteiger partial charge in [-0.3, -0.25) is 0 Å². The lowest BCUT2D eigenvalue weighted by molar-refractivity contribution is 0.901. The van der Waals surface area contributed by atoms with Crippen molar-refractivity contribution in [3.8, 4) is 5.69 Å². The number of hydrogen-bond acceptors (Lipinski definition) is 3. The van der Waals surface area contributed by atoms with Crippen molar-refractivity contribution in [2.24, 2.45) is 0 Å². The number of aromatic nitrogens is 3. The van der Waals surface area contributed by atoms with Crippen molar-refractivity contribution in [3.05, 3.63) is 46.6 Å². The van der Waals surface area contributed by atoms with Crippen molar-refractivity contribution < 1.29 is 0 Å². The number of pyridine rings is 1. The third-order valence-corrected chi connectivity index (χ3v) is 3.20. The molecule has 0 fully saturated rings. The number of halogens is 1. The fraction of sp³-hybridized carbons (Fsp3) is 0.0769. The van der Waals surface area contributed by atoms with Gasteiger partial charge in [-0.1, -0.05) is 12.1 Å². The summed E-state index contributed by atoms with van der Waals surface area (Å²) in [6.07, 6.45) is 1.75. The second kappa shape index (κ2) is 4.10. The lowest BCUT2D eigenvalue weighted by atomic mass is 10.2. The minimum absolute atomic E-state index is 0.486. The highest BCUT2D eigenvalue weighted by molar-refractivity contribution is 9.10. The quantitative estimate of drug-likeness (QED) is 0.751. The number of nitrogens with zero attached hydrogens (tertiary/aromatic N) is 3. The molecule has 0 atom stereocenters. The van der Waals surface area contributed by atoms with E-state index in [9.17, 15) is 0 Å². The Kier molecular flexibility index (Phi) is 2.56. The number of nitrogens with two attached hydrogens (primary N) is 1. The molecule has 0 spiro atoms. The molecule has 1 aromatic carbocycles. The SMILES string of the molecule is Cc1cccc(-n2nc(N)c3cc(Br)cnc32)c1. The molecule has 4 nitrogen and oxygen atoms in total. The highest BCUT2D eigenvalue weighted by Crippen LogP contribution is 2.24. The van der Waals surface area contributed by atoms with E-state index in [0.29, 0.717) is 5.82 Å². The van der Waals surface area contributed by atoms with Crippen molar-refractivity contribution in [1.29, 1.82) is 0 Å². The number of nitrogen functional groups attached to an aromatic ring is 1. The van der Waals surface area contributed by atoms with E-state index in [1.165, 1.54) is 5.56 Å². The number of anilines is 1. The molecule has 0 unspecified atom stereocenters. The minimum Gasteiger partial charge on any atom is -0.382 e. The summed E-state index contributed by atoms with van der Waals surface area (Å²) in [4.78, 5) is 4.38. The Morgan fingerprint density at radius 3 is 2.89 bits per heavy atom. The van der Waals surface area contributed by atoms with Gasteiger partial charge in [0.1, 0.15) is 0 Å². The predicted molar refractivity (Wildman–Crippen MR) is 75.7 cm³/mol. The van der Waals surface area contributed by atoms with Gasteiger partial charge in [-0.05, 0) is 46.6 Å². The van der Waals surface area contributed by atoms with Gasteiger partial charge in [0.05, 0.1) is 11.1 Å². The molecule has 90 valence electrons. The van der Waals surface area contributed by atoms with Crippen LogP contribution in [0.5, 0.6) is 0 Å². The van der Waals surface area contributed by atoms with Gasteiger partial charge in [0.2, 0.25) is 0 Å². The van der Waals surface area contributed by atoms with Crippen molar-refractivity contribution >= 4 is 32.8 Å².